The average Bonchev–Trinajstić information content (AvgIpc) is 2.82. The summed E-state index contributed by atoms with van der Waals surface area (Å²) in [5.74, 6) is 1.42. The SMILES string of the molecule is C[C@H](CCCC(C)(C)O[Si](C)(C)C)[C@H]1[C@H](O)C[C@H]2[C@@H](O[Si](C)(C)C(C)(C)C)CCC[C@]12C. The van der Waals surface area contributed by atoms with Crippen LogP contribution in [0.25, 0.3) is 0 Å². The van der Waals surface area contributed by atoms with Crippen LogP contribution in [0.3, 0.4) is 0 Å². The lowest BCUT2D eigenvalue weighted by Gasteiger charge is -2.49. The normalized spacial score (nSPS) is 33.3. The lowest BCUT2D eigenvalue weighted by molar-refractivity contribution is -0.0308. The van der Waals surface area contributed by atoms with E-state index >= 15 is 0 Å². The van der Waals surface area contributed by atoms with Gasteiger partial charge in [-0.1, -0.05) is 53.9 Å². The fraction of sp³-hybridized carbons (Fsp3) is 1.00. The van der Waals surface area contributed by atoms with E-state index in [1.807, 2.05) is 0 Å². The van der Waals surface area contributed by atoms with E-state index in [-0.39, 0.29) is 22.2 Å². The summed E-state index contributed by atoms with van der Waals surface area (Å²) in [6, 6.07) is 0. The highest BCUT2D eigenvalue weighted by Crippen LogP contribution is 2.59. The van der Waals surface area contributed by atoms with Crippen molar-refractivity contribution < 1.29 is 14.0 Å². The zero-order chi connectivity index (χ0) is 24.8. The molecule has 0 heterocycles. The Hall–Kier alpha value is 0.314. The molecule has 0 saturated heterocycles. The molecule has 2 fully saturated rings. The molecule has 32 heavy (non-hydrogen) atoms. The Labute approximate surface area is 202 Å². The Morgan fingerprint density at radius 3 is 2.19 bits per heavy atom. The maximum absolute atomic E-state index is 11.3. The third-order valence-electron chi connectivity index (χ3n) is 9.06. The van der Waals surface area contributed by atoms with Gasteiger partial charge in [0.25, 0.3) is 0 Å². The summed E-state index contributed by atoms with van der Waals surface area (Å²) in [6.07, 6.45) is 8.16. The molecule has 2 saturated carbocycles. The van der Waals surface area contributed by atoms with Crippen molar-refractivity contribution in [3.8, 4) is 0 Å². The molecule has 2 aliphatic carbocycles. The van der Waals surface area contributed by atoms with Crippen molar-refractivity contribution in [3.63, 3.8) is 0 Å². The number of aliphatic hydroxyl groups is 1. The fourth-order valence-electron chi connectivity index (χ4n) is 6.81. The number of fused-ring (bicyclic) bond motifs is 1. The number of aliphatic hydroxyl groups excluding tert-OH is 1. The van der Waals surface area contributed by atoms with Crippen LogP contribution in [0.5, 0.6) is 0 Å². The first-order valence-corrected chi connectivity index (χ1v) is 19.7. The molecule has 0 amide bonds. The van der Waals surface area contributed by atoms with Crippen molar-refractivity contribution in [2.45, 2.75) is 149 Å². The van der Waals surface area contributed by atoms with Gasteiger partial charge < -0.3 is 14.0 Å². The molecule has 1 N–H and O–H groups in total. The minimum Gasteiger partial charge on any atom is -0.414 e. The van der Waals surface area contributed by atoms with Crippen molar-refractivity contribution >= 4 is 16.6 Å². The summed E-state index contributed by atoms with van der Waals surface area (Å²) in [5, 5.41) is 11.5. The molecule has 6 atom stereocenters. The Balaban J connectivity index is 2.06. The Morgan fingerprint density at radius 2 is 1.66 bits per heavy atom. The lowest BCUT2D eigenvalue weighted by atomic mass is 9.61. The topological polar surface area (TPSA) is 38.7 Å². The number of hydrogen-bond donors (Lipinski definition) is 1. The second kappa shape index (κ2) is 9.75. The highest BCUT2D eigenvalue weighted by Gasteiger charge is 2.57. The van der Waals surface area contributed by atoms with Gasteiger partial charge in [0, 0.05) is 6.10 Å². The van der Waals surface area contributed by atoms with Gasteiger partial charge in [0.05, 0.1) is 11.7 Å². The average molecular weight is 485 g/mol. The van der Waals surface area contributed by atoms with Gasteiger partial charge in [-0.3, -0.25) is 0 Å². The number of hydrogen-bond acceptors (Lipinski definition) is 3. The van der Waals surface area contributed by atoms with Crippen LogP contribution < -0.4 is 0 Å². The molecule has 0 aromatic rings. The standard InChI is InChI=1S/C27H56O3Si2/c1-20(15-13-17-26(5,6)30-31(8,9)10)24-22(28)19-21-23(16-14-18-27(21,24)7)29-32(11,12)25(2,3)4/h20-24,28H,13-19H2,1-12H3/t20-,21+,22-,23+,24+,27+/m1/s1. The van der Waals surface area contributed by atoms with Crippen molar-refractivity contribution in [1.82, 2.24) is 0 Å². The maximum Gasteiger partial charge on any atom is 0.192 e. The van der Waals surface area contributed by atoms with Crippen LogP contribution >= 0.6 is 0 Å². The largest absolute Gasteiger partial charge is 0.414 e. The molecule has 2 aliphatic rings. The van der Waals surface area contributed by atoms with Crippen LogP contribution in [0.1, 0.15) is 93.4 Å². The summed E-state index contributed by atoms with van der Waals surface area (Å²) in [6.45, 7) is 28.0. The van der Waals surface area contributed by atoms with E-state index in [1.165, 1.54) is 32.1 Å². The smallest absolute Gasteiger partial charge is 0.192 e. The summed E-state index contributed by atoms with van der Waals surface area (Å²) in [7, 11) is -3.34. The Bertz CT molecular complexity index is 619. The summed E-state index contributed by atoms with van der Waals surface area (Å²) >= 11 is 0. The third kappa shape index (κ3) is 6.71. The minimum atomic E-state index is -1.81. The highest BCUT2D eigenvalue weighted by molar-refractivity contribution is 6.74. The molecule has 0 unspecified atom stereocenters. The maximum atomic E-state index is 11.3. The van der Waals surface area contributed by atoms with Gasteiger partial charge in [0.1, 0.15) is 0 Å². The predicted molar refractivity (Wildman–Crippen MR) is 143 cm³/mol. The fourth-order valence-corrected chi connectivity index (χ4v) is 9.96. The van der Waals surface area contributed by atoms with E-state index < -0.39 is 16.6 Å². The van der Waals surface area contributed by atoms with Crippen molar-refractivity contribution in [3.05, 3.63) is 0 Å². The molecule has 0 aliphatic heterocycles. The van der Waals surface area contributed by atoms with E-state index in [0.29, 0.717) is 23.9 Å². The van der Waals surface area contributed by atoms with Crippen LogP contribution in [0, 0.1) is 23.2 Å². The molecule has 0 spiro atoms. The summed E-state index contributed by atoms with van der Waals surface area (Å²) < 4.78 is 13.4. The van der Waals surface area contributed by atoms with Gasteiger partial charge in [0.15, 0.2) is 16.6 Å². The van der Waals surface area contributed by atoms with E-state index in [2.05, 4.69) is 81.2 Å². The Kier molecular flexibility index (Phi) is 8.70. The van der Waals surface area contributed by atoms with Gasteiger partial charge in [0.2, 0.25) is 0 Å². The van der Waals surface area contributed by atoms with Gasteiger partial charge in [-0.25, -0.2) is 0 Å². The van der Waals surface area contributed by atoms with Gasteiger partial charge in [-0.15, -0.1) is 0 Å². The zero-order valence-corrected chi connectivity index (χ0v) is 25.6. The van der Waals surface area contributed by atoms with Crippen LogP contribution in [0.4, 0.5) is 0 Å². The summed E-state index contributed by atoms with van der Waals surface area (Å²) in [5.41, 5.74) is 0.159. The van der Waals surface area contributed by atoms with Gasteiger partial charge in [-0.2, -0.15) is 0 Å². The quantitative estimate of drug-likeness (QED) is 0.337. The first kappa shape index (κ1) is 28.6. The molecule has 5 heteroatoms. The monoisotopic (exact) mass is 484 g/mol. The molecule has 190 valence electrons. The molecule has 2 rings (SSSR count). The molecular weight excluding hydrogens is 428 g/mol. The third-order valence-corrected chi connectivity index (χ3v) is 14.7. The first-order valence-electron chi connectivity index (χ1n) is 13.4. The van der Waals surface area contributed by atoms with Gasteiger partial charge >= 0.3 is 0 Å². The molecule has 3 nitrogen and oxygen atoms in total. The molecular formula is C27H56O3Si2. The van der Waals surface area contributed by atoms with Crippen molar-refractivity contribution in [2.75, 3.05) is 0 Å². The van der Waals surface area contributed by atoms with Gasteiger partial charge in [-0.05, 0) is 100 Å². The second-order valence-electron chi connectivity index (χ2n) is 14.6. The lowest BCUT2D eigenvalue weighted by Crippen LogP contribution is -2.50. The predicted octanol–water partition coefficient (Wildman–Crippen LogP) is 8.00. The summed E-state index contributed by atoms with van der Waals surface area (Å²) in [4.78, 5) is 0. The van der Waals surface area contributed by atoms with Crippen LogP contribution in [0.2, 0.25) is 37.8 Å². The number of rotatable bonds is 9. The van der Waals surface area contributed by atoms with Crippen molar-refractivity contribution in [2.24, 2.45) is 23.2 Å². The van der Waals surface area contributed by atoms with Crippen LogP contribution in [-0.4, -0.2) is 39.6 Å². The zero-order valence-electron chi connectivity index (χ0n) is 23.6. The minimum absolute atomic E-state index is 0.0438. The molecule has 0 aromatic heterocycles. The van der Waals surface area contributed by atoms with Crippen LogP contribution in [0.15, 0.2) is 0 Å². The first-order chi connectivity index (χ1) is 14.3. The van der Waals surface area contributed by atoms with E-state index in [9.17, 15) is 5.11 Å². The van der Waals surface area contributed by atoms with E-state index in [4.69, 9.17) is 8.85 Å². The Morgan fingerprint density at radius 1 is 1.06 bits per heavy atom. The molecule has 0 aromatic carbocycles. The second-order valence-corrected chi connectivity index (χ2v) is 23.8. The van der Waals surface area contributed by atoms with E-state index in [1.54, 1.807) is 0 Å². The highest BCUT2D eigenvalue weighted by atomic mass is 28.4. The van der Waals surface area contributed by atoms with Crippen molar-refractivity contribution in [1.29, 1.82) is 0 Å². The molecule has 0 radical (unpaired) electrons. The van der Waals surface area contributed by atoms with E-state index in [0.717, 1.165) is 12.8 Å². The molecule has 0 bridgehead atoms. The van der Waals surface area contributed by atoms with Crippen LogP contribution in [-0.2, 0) is 8.85 Å².